The highest BCUT2D eigenvalue weighted by atomic mass is 32.2. The molecule has 1 saturated heterocycles. The summed E-state index contributed by atoms with van der Waals surface area (Å²) in [4.78, 5) is 6.57. The van der Waals surface area contributed by atoms with Crippen molar-refractivity contribution in [2.24, 2.45) is 0 Å². The molecule has 0 atom stereocenters. The summed E-state index contributed by atoms with van der Waals surface area (Å²) >= 11 is 0. The van der Waals surface area contributed by atoms with Crippen LogP contribution in [0, 0.1) is 6.92 Å². The minimum absolute atomic E-state index is 0.0897. The Morgan fingerprint density at radius 1 is 1.47 bits per heavy atom. The summed E-state index contributed by atoms with van der Waals surface area (Å²) in [6, 6.07) is 0. The molecule has 1 aliphatic heterocycles. The summed E-state index contributed by atoms with van der Waals surface area (Å²) in [6.45, 7) is 4.29. The standard InChI is InChI=1S/C11H20N4O3S/c1-9-13-8-11(15-9)19(16,17)14-6-7-18-10-2-4-12-5-3-10/h8,10,12,14H,2-7H2,1H3,(H,13,15). The van der Waals surface area contributed by atoms with Gasteiger partial charge in [-0.15, -0.1) is 0 Å². The molecule has 1 aromatic heterocycles. The fourth-order valence-electron chi connectivity index (χ4n) is 1.98. The number of ether oxygens (including phenoxy) is 1. The van der Waals surface area contributed by atoms with Gasteiger partial charge < -0.3 is 15.0 Å². The maximum absolute atomic E-state index is 11.8. The number of aryl methyl sites for hydroxylation is 1. The van der Waals surface area contributed by atoms with Crippen molar-refractivity contribution in [1.82, 2.24) is 20.0 Å². The van der Waals surface area contributed by atoms with E-state index in [-0.39, 0.29) is 17.7 Å². The van der Waals surface area contributed by atoms with Gasteiger partial charge in [0.05, 0.1) is 18.9 Å². The van der Waals surface area contributed by atoms with E-state index in [1.165, 1.54) is 6.20 Å². The number of H-pyrrole nitrogens is 1. The topological polar surface area (TPSA) is 96.1 Å². The normalized spacial score (nSPS) is 17.7. The van der Waals surface area contributed by atoms with Crippen molar-refractivity contribution in [1.29, 1.82) is 0 Å². The lowest BCUT2D eigenvalue weighted by Crippen LogP contribution is -2.34. The van der Waals surface area contributed by atoms with Crippen molar-refractivity contribution in [3.8, 4) is 0 Å². The van der Waals surface area contributed by atoms with Crippen LogP contribution in [0.25, 0.3) is 0 Å². The summed E-state index contributed by atoms with van der Waals surface area (Å²) in [7, 11) is -3.50. The lowest BCUT2D eigenvalue weighted by molar-refractivity contribution is 0.0366. The zero-order valence-corrected chi connectivity index (χ0v) is 11.8. The molecular formula is C11H20N4O3S. The van der Waals surface area contributed by atoms with E-state index in [0.29, 0.717) is 12.4 Å². The molecule has 8 heteroatoms. The van der Waals surface area contributed by atoms with E-state index in [1.54, 1.807) is 6.92 Å². The highest BCUT2D eigenvalue weighted by Crippen LogP contribution is 2.07. The molecule has 0 spiro atoms. The predicted octanol–water partition coefficient (Wildman–Crippen LogP) is -0.235. The van der Waals surface area contributed by atoms with Crippen molar-refractivity contribution in [3.63, 3.8) is 0 Å². The van der Waals surface area contributed by atoms with Gasteiger partial charge in [-0.05, 0) is 32.9 Å². The Morgan fingerprint density at radius 2 is 2.21 bits per heavy atom. The number of rotatable bonds is 6. The Morgan fingerprint density at radius 3 is 2.84 bits per heavy atom. The zero-order valence-electron chi connectivity index (χ0n) is 11.0. The molecule has 108 valence electrons. The summed E-state index contributed by atoms with van der Waals surface area (Å²) in [6.07, 6.45) is 3.50. The molecule has 1 aromatic rings. The third-order valence-corrected chi connectivity index (χ3v) is 4.37. The Labute approximate surface area is 113 Å². The summed E-state index contributed by atoms with van der Waals surface area (Å²) in [5, 5.41) is 3.34. The largest absolute Gasteiger partial charge is 0.377 e. The maximum Gasteiger partial charge on any atom is 0.257 e. The molecular weight excluding hydrogens is 268 g/mol. The Kier molecular flexibility index (Phi) is 4.92. The molecule has 0 unspecified atom stereocenters. The van der Waals surface area contributed by atoms with Gasteiger partial charge in [0.1, 0.15) is 5.82 Å². The van der Waals surface area contributed by atoms with Crippen LogP contribution in [-0.4, -0.2) is 50.7 Å². The Balaban J connectivity index is 1.72. The van der Waals surface area contributed by atoms with Crippen molar-refractivity contribution in [3.05, 3.63) is 12.0 Å². The third-order valence-electron chi connectivity index (χ3n) is 3.00. The van der Waals surface area contributed by atoms with Crippen LogP contribution in [0.1, 0.15) is 18.7 Å². The highest BCUT2D eigenvalue weighted by molar-refractivity contribution is 7.89. The molecule has 7 nitrogen and oxygen atoms in total. The first-order valence-corrected chi connectivity index (χ1v) is 7.90. The van der Waals surface area contributed by atoms with Crippen molar-refractivity contribution >= 4 is 10.0 Å². The average molecular weight is 288 g/mol. The van der Waals surface area contributed by atoms with Gasteiger partial charge in [-0.1, -0.05) is 0 Å². The first kappa shape index (κ1) is 14.4. The summed E-state index contributed by atoms with van der Waals surface area (Å²) < 4.78 is 31.8. The quantitative estimate of drug-likeness (QED) is 0.628. The number of nitrogens with zero attached hydrogens (tertiary/aromatic N) is 1. The number of nitrogens with one attached hydrogen (secondary N) is 3. The van der Waals surface area contributed by atoms with Crippen molar-refractivity contribution in [2.75, 3.05) is 26.2 Å². The van der Waals surface area contributed by atoms with Crippen LogP contribution in [0.15, 0.2) is 11.2 Å². The van der Waals surface area contributed by atoms with Crippen LogP contribution < -0.4 is 10.0 Å². The Bertz CT molecular complexity index is 494. The zero-order chi connectivity index (χ0) is 13.7. The highest BCUT2D eigenvalue weighted by Gasteiger charge is 2.17. The minimum Gasteiger partial charge on any atom is -0.377 e. The van der Waals surface area contributed by atoms with E-state index in [1.807, 2.05) is 0 Å². The number of aromatic amines is 1. The number of hydrogen-bond donors (Lipinski definition) is 3. The maximum atomic E-state index is 11.8. The lowest BCUT2D eigenvalue weighted by atomic mass is 10.1. The lowest BCUT2D eigenvalue weighted by Gasteiger charge is -2.22. The van der Waals surface area contributed by atoms with Crippen molar-refractivity contribution < 1.29 is 13.2 Å². The molecule has 0 radical (unpaired) electrons. The molecule has 19 heavy (non-hydrogen) atoms. The van der Waals surface area contributed by atoms with Gasteiger partial charge in [-0.3, -0.25) is 0 Å². The molecule has 2 heterocycles. The number of imidazole rings is 1. The number of hydrogen-bond acceptors (Lipinski definition) is 5. The molecule has 0 amide bonds. The van der Waals surface area contributed by atoms with E-state index >= 15 is 0 Å². The first-order chi connectivity index (χ1) is 9.08. The molecule has 0 bridgehead atoms. The average Bonchev–Trinajstić information content (AvgIpc) is 2.84. The van der Waals surface area contributed by atoms with Gasteiger partial charge in [-0.2, -0.15) is 0 Å². The van der Waals surface area contributed by atoms with Gasteiger partial charge in [0.2, 0.25) is 0 Å². The summed E-state index contributed by atoms with van der Waals surface area (Å²) in [5.74, 6) is 0.575. The van der Waals surface area contributed by atoms with Gasteiger partial charge >= 0.3 is 0 Å². The first-order valence-electron chi connectivity index (χ1n) is 6.41. The van der Waals surface area contributed by atoms with Crippen LogP contribution in [0.2, 0.25) is 0 Å². The van der Waals surface area contributed by atoms with E-state index in [2.05, 4.69) is 20.0 Å². The van der Waals surface area contributed by atoms with Gasteiger partial charge in [0.15, 0.2) is 5.03 Å². The van der Waals surface area contributed by atoms with Crippen LogP contribution in [-0.2, 0) is 14.8 Å². The SMILES string of the molecule is Cc1ncc(S(=O)(=O)NCCOC2CCNCC2)[nH]1. The molecule has 0 aliphatic carbocycles. The third kappa shape index (κ3) is 4.27. The van der Waals surface area contributed by atoms with E-state index < -0.39 is 10.0 Å². The second-order valence-corrected chi connectivity index (χ2v) is 6.29. The van der Waals surface area contributed by atoms with Crippen LogP contribution in [0.5, 0.6) is 0 Å². The number of piperidine rings is 1. The van der Waals surface area contributed by atoms with Gasteiger partial charge in [0, 0.05) is 6.54 Å². The fourth-order valence-corrected chi connectivity index (χ4v) is 2.96. The Hall–Kier alpha value is -0.960. The second kappa shape index (κ2) is 6.47. The predicted molar refractivity (Wildman–Crippen MR) is 70.4 cm³/mol. The van der Waals surface area contributed by atoms with Crippen LogP contribution in [0.4, 0.5) is 0 Å². The smallest absolute Gasteiger partial charge is 0.257 e. The number of aromatic nitrogens is 2. The molecule has 1 aliphatic rings. The summed E-state index contributed by atoms with van der Waals surface area (Å²) in [5.41, 5.74) is 0. The molecule has 2 rings (SSSR count). The second-order valence-electron chi connectivity index (χ2n) is 4.55. The fraction of sp³-hybridized carbons (Fsp3) is 0.727. The van der Waals surface area contributed by atoms with Gasteiger partial charge in [0.25, 0.3) is 10.0 Å². The minimum atomic E-state index is -3.50. The van der Waals surface area contributed by atoms with Crippen LogP contribution >= 0.6 is 0 Å². The molecule has 0 saturated carbocycles. The van der Waals surface area contributed by atoms with E-state index in [0.717, 1.165) is 25.9 Å². The van der Waals surface area contributed by atoms with Crippen LogP contribution in [0.3, 0.4) is 0 Å². The molecule has 0 aromatic carbocycles. The van der Waals surface area contributed by atoms with E-state index in [9.17, 15) is 8.42 Å². The number of sulfonamides is 1. The molecule has 3 N–H and O–H groups in total. The van der Waals surface area contributed by atoms with Crippen molar-refractivity contribution in [2.45, 2.75) is 30.9 Å². The molecule has 1 fully saturated rings. The van der Waals surface area contributed by atoms with E-state index in [4.69, 9.17) is 4.74 Å². The van der Waals surface area contributed by atoms with Gasteiger partial charge in [-0.25, -0.2) is 18.1 Å². The monoisotopic (exact) mass is 288 g/mol.